The number of aldehydes is 1. The zero-order valence-corrected chi connectivity index (χ0v) is 7.68. The molecule has 0 saturated heterocycles. The maximum Gasteiger partial charge on any atom is 0.143 e. The van der Waals surface area contributed by atoms with Gasteiger partial charge in [0.25, 0.3) is 0 Å². The first kappa shape index (κ1) is 9.86. The van der Waals surface area contributed by atoms with Crippen molar-refractivity contribution in [2.75, 3.05) is 13.6 Å². The van der Waals surface area contributed by atoms with Gasteiger partial charge in [-0.15, -0.1) is 0 Å². The molecule has 1 atom stereocenters. The number of nitrogens with zero attached hydrogens (tertiary/aromatic N) is 2. The van der Waals surface area contributed by atoms with Crippen molar-refractivity contribution in [3.05, 3.63) is 37.0 Å². The van der Waals surface area contributed by atoms with E-state index in [1.165, 1.54) is 0 Å². The molecule has 1 radical (unpaired) electrons. The van der Waals surface area contributed by atoms with Gasteiger partial charge in [-0.05, 0) is 32.6 Å². The second-order valence-electron chi connectivity index (χ2n) is 2.82. The molecule has 1 aromatic rings. The molecule has 0 spiro atoms. The lowest BCUT2D eigenvalue weighted by Crippen LogP contribution is -2.26. The van der Waals surface area contributed by atoms with Gasteiger partial charge in [0.2, 0.25) is 0 Å². The molecule has 3 nitrogen and oxygen atoms in total. The maximum atomic E-state index is 10.8. The third-order valence-corrected chi connectivity index (χ3v) is 1.95. The van der Waals surface area contributed by atoms with Crippen LogP contribution in [0, 0.1) is 6.92 Å². The average molecular weight is 177 g/mol. The smallest absolute Gasteiger partial charge is 0.143 e. The van der Waals surface area contributed by atoms with E-state index in [2.05, 4.69) is 11.9 Å². The van der Waals surface area contributed by atoms with Crippen LogP contribution < -0.4 is 0 Å². The van der Waals surface area contributed by atoms with Crippen molar-refractivity contribution >= 4 is 6.29 Å². The summed E-state index contributed by atoms with van der Waals surface area (Å²) in [5, 5.41) is 0. The Morgan fingerprint density at radius 3 is 2.92 bits per heavy atom. The molecule has 0 aliphatic heterocycles. The molecule has 1 unspecified atom stereocenters. The molecule has 0 aromatic carbocycles. The molecule has 69 valence electrons. The van der Waals surface area contributed by atoms with Crippen LogP contribution in [0.1, 0.15) is 11.7 Å². The van der Waals surface area contributed by atoms with Crippen LogP contribution in [0.3, 0.4) is 0 Å². The van der Waals surface area contributed by atoms with Crippen molar-refractivity contribution in [3.63, 3.8) is 0 Å². The van der Waals surface area contributed by atoms with Crippen molar-refractivity contribution in [3.8, 4) is 0 Å². The minimum atomic E-state index is -0.279. The van der Waals surface area contributed by atoms with Crippen molar-refractivity contribution < 1.29 is 4.79 Å². The predicted molar refractivity (Wildman–Crippen MR) is 51.0 cm³/mol. The van der Waals surface area contributed by atoms with E-state index < -0.39 is 0 Å². The van der Waals surface area contributed by atoms with Gasteiger partial charge in [-0.1, -0.05) is 6.07 Å². The first-order valence-corrected chi connectivity index (χ1v) is 4.15. The van der Waals surface area contributed by atoms with E-state index in [0.29, 0.717) is 6.54 Å². The summed E-state index contributed by atoms with van der Waals surface area (Å²) in [6.45, 7) is 4.30. The summed E-state index contributed by atoms with van der Waals surface area (Å²) in [6, 6.07) is 5.26. The highest BCUT2D eigenvalue weighted by Crippen LogP contribution is 2.12. The highest BCUT2D eigenvalue weighted by molar-refractivity contribution is 5.60. The van der Waals surface area contributed by atoms with E-state index in [-0.39, 0.29) is 6.04 Å². The van der Waals surface area contributed by atoms with Gasteiger partial charge in [0, 0.05) is 6.20 Å². The summed E-state index contributed by atoms with van der Waals surface area (Å²) >= 11 is 0. The van der Waals surface area contributed by atoms with Crippen LogP contribution in [0.2, 0.25) is 0 Å². The molecule has 1 heterocycles. The molecule has 0 amide bonds. The number of likely N-dealkylation sites (N-methyl/N-ethyl adjacent to an activating group) is 1. The number of aromatic nitrogens is 1. The summed E-state index contributed by atoms with van der Waals surface area (Å²) < 4.78 is 0. The van der Waals surface area contributed by atoms with E-state index in [4.69, 9.17) is 0 Å². The number of carbonyl (C=O) groups excluding carboxylic acids is 1. The van der Waals surface area contributed by atoms with E-state index in [0.717, 1.165) is 12.0 Å². The van der Waals surface area contributed by atoms with Crippen LogP contribution in [0.15, 0.2) is 24.4 Å². The Bertz CT molecular complexity index is 261. The third-order valence-electron chi connectivity index (χ3n) is 1.95. The molecule has 1 aromatic heterocycles. The van der Waals surface area contributed by atoms with Crippen molar-refractivity contribution in [1.82, 2.24) is 9.88 Å². The second-order valence-corrected chi connectivity index (χ2v) is 2.82. The Hall–Kier alpha value is -1.22. The maximum absolute atomic E-state index is 10.8. The monoisotopic (exact) mass is 177 g/mol. The average Bonchev–Trinajstić information content (AvgIpc) is 2.20. The molecular weight excluding hydrogens is 164 g/mol. The number of rotatable bonds is 4. The second kappa shape index (κ2) is 4.72. The van der Waals surface area contributed by atoms with Crippen LogP contribution in [-0.2, 0) is 4.79 Å². The molecular formula is C10H13N2O. The van der Waals surface area contributed by atoms with Gasteiger partial charge in [-0.25, -0.2) is 0 Å². The van der Waals surface area contributed by atoms with Crippen LogP contribution in [-0.4, -0.2) is 29.8 Å². The molecule has 0 saturated carbocycles. The Morgan fingerprint density at radius 2 is 2.46 bits per heavy atom. The van der Waals surface area contributed by atoms with E-state index in [1.54, 1.807) is 6.20 Å². The van der Waals surface area contributed by atoms with E-state index in [9.17, 15) is 4.79 Å². The SMILES string of the molecule is [CH2]CN(C)C(C=O)c1ccccn1. The Labute approximate surface area is 78.4 Å². The first-order valence-electron chi connectivity index (χ1n) is 4.15. The van der Waals surface area contributed by atoms with Gasteiger partial charge in [-0.2, -0.15) is 0 Å². The van der Waals surface area contributed by atoms with Crippen LogP contribution in [0.4, 0.5) is 0 Å². The molecule has 13 heavy (non-hydrogen) atoms. The standard InChI is InChI=1S/C10H13N2O/c1-3-12(2)10(8-13)9-6-4-5-7-11-9/h4-8,10H,1,3H2,2H3. The fourth-order valence-corrected chi connectivity index (χ4v) is 1.09. The first-order chi connectivity index (χ1) is 6.29. The lowest BCUT2D eigenvalue weighted by molar-refractivity contribution is -0.112. The van der Waals surface area contributed by atoms with Gasteiger partial charge < -0.3 is 4.79 Å². The van der Waals surface area contributed by atoms with Crippen molar-refractivity contribution in [2.45, 2.75) is 6.04 Å². The van der Waals surface area contributed by atoms with Gasteiger partial charge in [0.05, 0.1) is 5.69 Å². The zero-order chi connectivity index (χ0) is 9.68. The van der Waals surface area contributed by atoms with Crippen LogP contribution in [0.5, 0.6) is 0 Å². The summed E-state index contributed by atoms with van der Waals surface area (Å²) in [6.07, 6.45) is 2.57. The topological polar surface area (TPSA) is 33.2 Å². The lowest BCUT2D eigenvalue weighted by atomic mass is 10.2. The van der Waals surface area contributed by atoms with Gasteiger partial charge in [-0.3, -0.25) is 9.88 Å². The largest absolute Gasteiger partial charge is 0.301 e. The normalized spacial score (nSPS) is 12.8. The summed E-state index contributed by atoms with van der Waals surface area (Å²) in [7, 11) is 1.85. The minimum Gasteiger partial charge on any atom is -0.301 e. The predicted octanol–water partition coefficient (Wildman–Crippen LogP) is 1.09. The quantitative estimate of drug-likeness (QED) is 0.645. The number of hydrogen-bond acceptors (Lipinski definition) is 3. The highest BCUT2D eigenvalue weighted by atomic mass is 16.1. The third kappa shape index (κ3) is 2.36. The van der Waals surface area contributed by atoms with E-state index >= 15 is 0 Å². The van der Waals surface area contributed by atoms with Gasteiger partial charge in [0.1, 0.15) is 12.3 Å². The molecule has 0 N–H and O–H groups in total. The minimum absolute atomic E-state index is 0.279. The highest BCUT2D eigenvalue weighted by Gasteiger charge is 2.14. The Morgan fingerprint density at radius 1 is 1.69 bits per heavy atom. The summed E-state index contributed by atoms with van der Waals surface area (Å²) in [5.74, 6) is 0. The zero-order valence-electron chi connectivity index (χ0n) is 7.68. The van der Waals surface area contributed by atoms with Gasteiger partial charge in [0.15, 0.2) is 0 Å². The summed E-state index contributed by atoms with van der Waals surface area (Å²) in [4.78, 5) is 16.8. The number of carbonyl (C=O) groups is 1. The fourth-order valence-electron chi connectivity index (χ4n) is 1.09. The van der Waals surface area contributed by atoms with Crippen molar-refractivity contribution in [2.24, 2.45) is 0 Å². The lowest BCUT2D eigenvalue weighted by Gasteiger charge is -2.20. The number of pyridine rings is 1. The molecule has 0 aliphatic carbocycles. The molecule has 1 rings (SSSR count). The molecule has 0 fully saturated rings. The summed E-state index contributed by atoms with van der Waals surface area (Å²) in [5.41, 5.74) is 0.767. The molecule has 3 heteroatoms. The Balaban J connectivity index is 2.84. The van der Waals surface area contributed by atoms with E-state index in [1.807, 2.05) is 30.1 Å². The van der Waals surface area contributed by atoms with Gasteiger partial charge >= 0.3 is 0 Å². The molecule has 0 bridgehead atoms. The van der Waals surface area contributed by atoms with Crippen LogP contribution in [0.25, 0.3) is 0 Å². The molecule has 0 aliphatic rings. The fraction of sp³-hybridized carbons (Fsp3) is 0.300. The van der Waals surface area contributed by atoms with Crippen molar-refractivity contribution in [1.29, 1.82) is 0 Å². The number of hydrogen-bond donors (Lipinski definition) is 0. The van der Waals surface area contributed by atoms with Crippen LogP contribution >= 0.6 is 0 Å². The Kier molecular flexibility index (Phi) is 3.58.